The van der Waals surface area contributed by atoms with Crippen molar-refractivity contribution in [1.29, 1.82) is 0 Å². The fourth-order valence-corrected chi connectivity index (χ4v) is 4.17. The molecule has 0 saturated heterocycles. The quantitative estimate of drug-likeness (QED) is 0.277. The molecule has 0 amide bonds. The molecule has 0 spiro atoms. The van der Waals surface area contributed by atoms with E-state index in [1.54, 1.807) is 30.5 Å². The van der Waals surface area contributed by atoms with Gasteiger partial charge in [0.1, 0.15) is 0 Å². The van der Waals surface area contributed by atoms with Crippen LogP contribution < -0.4 is 5.43 Å². The van der Waals surface area contributed by atoms with Gasteiger partial charge in [-0.25, -0.2) is 14.4 Å². The summed E-state index contributed by atoms with van der Waals surface area (Å²) in [4.78, 5) is 38.9. The van der Waals surface area contributed by atoms with Crippen molar-refractivity contribution in [2.45, 2.75) is 6.92 Å². The number of nitrogens with one attached hydrogen (secondary N) is 1. The van der Waals surface area contributed by atoms with Gasteiger partial charge in [0.2, 0.25) is 6.20 Å². The molecule has 2 aliphatic rings. The maximum absolute atomic E-state index is 13.3. The Bertz CT molecular complexity index is 1350. The Labute approximate surface area is 196 Å². The van der Waals surface area contributed by atoms with Crippen molar-refractivity contribution < 1.29 is 33.3 Å². The molecule has 8 nitrogen and oxygen atoms in total. The van der Waals surface area contributed by atoms with Crippen molar-refractivity contribution in [3.05, 3.63) is 88.8 Å². The Hall–Kier alpha value is -4.46. The minimum atomic E-state index is -0.741. The van der Waals surface area contributed by atoms with Crippen molar-refractivity contribution in [1.82, 2.24) is 5.43 Å². The molecule has 0 bridgehead atoms. The van der Waals surface area contributed by atoms with Crippen LogP contribution in [-0.4, -0.2) is 49.6 Å². The Morgan fingerprint density at radius 1 is 0.824 bits per heavy atom. The highest BCUT2D eigenvalue weighted by Crippen LogP contribution is 2.47. The van der Waals surface area contributed by atoms with Crippen LogP contribution in [-0.2, 0) is 23.8 Å². The zero-order chi connectivity index (χ0) is 24.4. The van der Waals surface area contributed by atoms with Gasteiger partial charge in [-0.1, -0.05) is 41.1 Å². The van der Waals surface area contributed by atoms with E-state index in [1.165, 1.54) is 26.0 Å². The van der Waals surface area contributed by atoms with Gasteiger partial charge < -0.3 is 14.2 Å². The van der Waals surface area contributed by atoms with Gasteiger partial charge in [0.05, 0.1) is 32.6 Å². The average molecular weight is 459 g/mol. The van der Waals surface area contributed by atoms with Crippen LogP contribution in [0.15, 0.2) is 72.1 Å². The number of esters is 3. The van der Waals surface area contributed by atoms with Gasteiger partial charge in [0, 0.05) is 17.2 Å². The standard InChI is InChI=1S/C26H22N2O6/c1-15-9-8-14-28(27-15)23(26(31)34-4)22(25(30)33-3)21-17-11-6-5-10-16(17)20-18(21)12-7-13-19(20)24(29)32-2/h5-14H,1-4H3/p+1. The fourth-order valence-electron chi connectivity index (χ4n) is 4.17. The SMILES string of the molecule is COC(=O)C(/C(C(=O)OC)=C1\c2ccccc2-c2c(C(=O)OC)cccc21)=[N+]1C=CC=C(C)N1. The van der Waals surface area contributed by atoms with Gasteiger partial charge in [0.25, 0.3) is 0 Å². The molecule has 2 aromatic rings. The highest BCUT2D eigenvalue weighted by molar-refractivity contribution is 6.50. The summed E-state index contributed by atoms with van der Waals surface area (Å²) in [6.07, 6.45) is 5.16. The number of methoxy groups -OCH3 is 3. The Morgan fingerprint density at radius 2 is 1.50 bits per heavy atom. The van der Waals surface area contributed by atoms with E-state index in [4.69, 9.17) is 14.2 Å². The molecule has 0 fully saturated rings. The first kappa shape index (κ1) is 22.7. The van der Waals surface area contributed by atoms with Crippen LogP contribution in [0.2, 0.25) is 0 Å². The third-order valence-electron chi connectivity index (χ3n) is 5.58. The molecule has 2 aromatic carbocycles. The minimum Gasteiger partial charge on any atom is -0.465 e. The number of carbonyl (C=O) groups excluding carboxylic acids is 3. The van der Waals surface area contributed by atoms with E-state index in [9.17, 15) is 14.4 Å². The van der Waals surface area contributed by atoms with E-state index in [0.29, 0.717) is 27.8 Å². The van der Waals surface area contributed by atoms with Gasteiger partial charge in [-0.05, 0) is 35.8 Å². The van der Waals surface area contributed by atoms with E-state index < -0.39 is 17.9 Å². The van der Waals surface area contributed by atoms with Crippen LogP contribution >= 0.6 is 0 Å². The summed E-state index contributed by atoms with van der Waals surface area (Å²) in [6, 6.07) is 12.5. The number of rotatable bonds is 4. The third kappa shape index (κ3) is 3.69. The van der Waals surface area contributed by atoms with E-state index in [2.05, 4.69) is 5.43 Å². The van der Waals surface area contributed by atoms with Gasteiger partial charge >= 0.3 is 23.6 Å². The normalized spacial score (nSPS) is 16.4. The van der Waals surface area contributed by atoms with Crippen LogP contribution in [0.4, 0.5) is 0 Å². The molecule has 1 aliphatic carbocycles. The molecule has 1 N–H and O–H groups in total. The van der Waals surface area contributed by atoms with Gasteiger partial charge in [0.15, 0.2) is 5.57 Å². The summed E-state index contributed by atoms with van der Waals surface area (Å²) < 4.78 is 16.6. The van der Waals surface area contributed by atoms with Gasteiger partial charge in [-0.3, -0.25) is 0 Å². The van der Waals surface area contributed by atoms with Crippen LogP contribution in [0, 0.1) is 0 Å². The van der Waals surface area contributed by atoms with Crippen molar-refractivity contribution in [3.8, 4) is 11.1 Å². The second-order valence-electron chi connectivity index (χ2n) is 7.52. The average Bonchev–Trinajstić information content (AvgIpc) is 3.20. The van der Waals surface area contributed by atoms with E-state index in [1.807, 2.05) is 37.3 Å². The second kappa shape index (κ2) is 9.19. The van der Waals surface area contributed by atoms with Crippen molar-refractivity contribution >= 4 is 29.2 Å². The molecular formula is C26H23N2O6+. The Kier molecular flexibility index (Phi) is 6.14. The molecule has 34 heavy (non-hydrogen) atoms. The van der Waals surface area contributed by atoms with E-state index >= 15 is 0 Å². The first-order valence-electron chi connectivity index (χ1n) is 10.4. The lowest BCUT2D eigenvalue weighted by Gasteiger charge is -2.14. The van der Waals surface area contributed by atoms with Gasteiger partial charge in [-0.2, -0.15) is 5.43 Å². The summed E-state index contributed by atoms with van der Waals surface area (Å²) in [5, 5.41) is 0. The molecule has 8 heteroatoms. The highest BCUT2D eigenvalue weighted by Gasteiger charge is 2.41. The number of hydrogen-bond donors (Lipinski definition) is 1. The van der Waals surface area contributed by atoms with Crippen molar-refractivity contribution in [2.24, 2.45) is 0 Å². The molecule has 1 heterocycles. The van der Waals surface area contributed by atoms with Gasteiger partial charge in [-0.15, -0.1) is 0 Å². The number of hydrogen-bond acceptors (Lipinski definition) is 7. The molecular weight excluding hydrogens is 436 g/mol. The Morgan fingerprint density at radius 3 is 2.15 bits per heavy atom. The molecule has 0 radical (unpaired) electrons. The molecule has 172 valence electrons. The highest BCUT2D eigenvalue weighted by atomic mass is 16.5. The Balaban J connectivity index is 2.16. The first-order chi connectivity index (χ1) is 16.4. The van der Waals surface area contributed by atoms with Crippen molar-refractivity contribution in [3.63, 3.8) is 0 Å². The summed E-state index contributed by atoms with van der Waals surface area (Å²) in [7, 11) is 3.80. The minimum absolute atomic E-state index is 0.00517. The zero-order valence-electron chi connectivity index (χ0n) is 19.2. The van der Waals surface area contributed by atoms with Crippen LogP contribution in [0.25, 0.3) is 16.7 Å². The zero-order valence-corrected chi connectivity index (χ0v) is 19.2. The lowest BCUT2D eigenvalue weighted by atomic mass is 9.94. The van der Waals surface area contributed by atoms with Crippen molar-refractivity contribution in [2.75, 3.05) is 21.3 Å². The molecule has 0 saturated carbocycles. The lowest BCUT2D eigenvalue weighted by Crippen LogP contribution is -2.39. The van der Waals surface area contributed by atoms with E-state index in [0.717, 1.165) is 11.3 Å². The number of ether oxygens (including phenoxy) is 3. The number of carbonyl (C=O) groups is 3. The number of allylic oxidation sites excluding steroid dienone is 3. The third-order valence-corrected chi connectivity index (χ3v) is 5.58. The maximum atomic E-state index is 13.3. The number of hydrazone groups is 1. The van der Waals surface area contributed by atoms with Crippen LogP contribution in [0.3, 0.4) is 0 Å². The number of hydrazine groups is 1. The summed E-state index contributed by atoms with van der Waals surface area (Å²) in [5.74, 6) is -1.98. The summed E-state index contributed by atoms with van der Waals surface area (Å²) >= 11 is 0. The predicted octanol–water partition coefficient (Wildman–Crippen LogP) is 2.99. The summed E-state index contributed by atoms with van der Waals surface area (Å²) in [5.41, 5.74) is 7.16. The predicted molar refractivity (Wildman–Crippen MR) is 125 cm³/mol. The van der Waals surface area contributed by atoms with Crippen LogP contribution in [0.1, 0.15) is 28.4 Å². The largest absolute Gasteiger partial charge is 0.465 e. The van der Waals surface area contributed by atoms with E-state index in [-0.39, 0.29) is 11.3 Å². The smallest absolute Gasteiger partial charge is 0.407 e. The molecule has 0 unspecified atom stereocenters. The molecule has 0 aromatic heterocycles. The fraction of sp³-hybridized carbons (Fsp3) is 0.154. The topological polar surface area (TPSA) is 93.9 Å². The molecule has 4 rings (SSSR count). The first-order valence-corrected chi connectivity index (χ1v) is 10.4. The molecule has 0 atom stereocenters. The number of nitrogens with zero attached hydrogens (tertiary/aromatic N) is 1. The lowest BCUT2D eigenvalue weighted by molar-refractivity contribution is -0.514. The number of fused-ring (bicyclic) bond motifs is 3. The van der Waals surface area contributed by atoms with Crippen LogP contribution in [0.5, 0.6) is 0 Å². The number of benzene rings is 2. The second-order valence-corrected chi connectivity index (χ2v) is 7.52. The summed E-state index contributed by atoms with van der Waals surface area (Å²) in [6.45, 7) is 1.82. The maximum Gasteiger partial charge on any atom is 0.407 e. The monoisotopic (exact) mass is 459 g/mol. The molecule has 1 aliphatic heterocycles.